The predicted octanol–water partition coefficient (Wildman–Crippen LogP) is 6.66. The summed E-state index contributed by atoms with van der Waals surface area (Å²) in [6.07, 6.45) is 0.811. The molecule has 3 rings (SSSR count). The quantitative estimate of drug-likeness (QED) is 0.280. The number of hydrogen-bond donors (Lipinski definition) is 1. The lowest BCUT2D eigenvalue weighted by atomic mass is 10.0. The molecule has 0 saturated carbocycles. The molecule has 0 unspecified atom stereocenters. The van der Waals surface area contributed by atoms with Gasteiger partial charge in [-0.3, -0.25) is 4.79 Å². The van der Waals surface area contributed by atoms with E-state index in [9.17, 15) is 9.59 Å². The van der Waals surface area contributed by atoms with Crippen molar-refractivity contribution in [3.8, 4) is 16.9 Å². The Morgan fingerprint density at radius 3 is 2.53 bits per heavy atom. The number of halogens is 1. The maximum atomic E-state index is 12.6. The van der Waals surface area contributed by atoms with E-state index in [0.29, 0.717) is 28.6 Å². The molecule has 0 aliphatic rings. The lowest BCUT2D eigenvalue weighted by Crippen LogP contribution is -2.15. The molecular formula is C25H26ClNO4S. The number of carbonyl (C=O) groups excluding carboxylic acids is 2. The molecule has 1 heterocycles. The molecule has 0 saturated heterocycles. The van der Waals surface area contributed by atoms with Crippen LogP contribution in [0.5, 0.6) is 5.75 Å². The van der Waals surface area contributed by atoms with Gasteiger partial charge in [-0.25, -0.2) is 4.79 Å². The number of ether oxygens (including phenoxy) is 2. The molecule has 0 atom stereocenters. The zero-order chi connectivity index (χ0) is 23.1. The van der Waals surface area contributed by atoms with Gasteiger partial charge in [0.1, 0.15) is 16.3 Å². The maximum absolute atomic E-state index is 12.6. The van der Waals surface area contributed by atoms with Crippen molar-refractivity contribution in [2.75, 3.05) is 18.5 Å². The zero-order valence-electron chi connectivity index (χ0n) is 18.4. The summed E-state index contributed by atoms with van der Waals surface area (Å²) in [5.74, 6) is 0.130. The maximum Gasteiger partial charge on any atom is 0.341 e. The first-order valence-electron chi connectivity index (χ1n) is 10.4. The van der Waals surface area contributed by atoms with Crippen LogP contribution in [0.1, 0.15) is 41.3 Å². The van der Waals surface area contributed by atoms with Crippen LogP contribution in [-0.2, 0) is 9.53 Å². The first kappa shape index (κ1) is 23.8. The first-order valence-corrected chi connectivity index (χ1v) is 11.7. The summed E-state index contributed by atoms with van der Waals surface area (Å²) in [5.41, 5.74) is 4.13. The minimum absolute atomic E-state index is 0.177. The molecule has 0 aliphatic carbocycles. The van der Waals surface area contributed by atoms with Crippen molar-refractivity contribution >= 4 is 39.8 Å². The largest absolute Gasteiger partial charge is 0.493 e. The van der Waals surface area contributed by atoms with Crippen LogP contribution in [0.25, 0.3) is 11.1 Å². The minimum Gasteiger partial charge on any atom is -0.493 e. The summed E-state index contributed by atoms with van der Waals surface area (Å²) in [6.45, 7) is 6.35. The fraction of sp³-hybridized carbons (Fsp3) is 0.280. The molecule has 0 aliphatic heterocycles. The van der Waals surface area contributed by atoms with Crippen molar-refractivity contribution in [3.05, 3.63) is 69.6 Å². The van der Waals surface area contributed by atoms with Crippen molar-refractivity contribution in [1.29, 1.82) is 0 Å². The van der Waals surface area contributed by atoms with Gasteiger partial charge in [0.15, 0.2) is 0 Å². The molecule has 0 fully saturated rings. The van der Waals surface area contributed by atoms with Gasteiger partial charge in [0.05, 0.1) is 13.2 Å². The average molecular weight is 472 g/mol. The molecule has 1 aromatic heterocycles. The summed E-state index contributed by atoms with van der Waals surface area (Å²) in [5, 5.41) is 5.91. The monoisotopic (exact) mass is 471 g/mol. The Labute approximate surface area is 197 Å². The van der Waals surface area contributed by atoms with Crippen LogP contribution in [-0.4, -0.2) is 25.1 Å². The number of amides is 1. The van der Waals surface area contributed by atoms with E-state index in [1.807, 2.05) is 55.6 Å². The van der Waals surface area contributed by atoms with Gasteiger partial charge in [-0.1, -0.05) is 41.4 Å². The molecule has 0 radical (unpaired) electrons. The number of benzene rings is 2. The van der Waals surface area contributed by atoms with Crippen LogP contribution < -0.4 is 10.1 Å². The molecule has 0 bridgehead atoms. The Morgan fingerprint density at radius 2 is 1.84 bits per heavy atom. The van der Waals surface area contributed by atoms with Crippen LogP contribution in [0.2, 0.25) is 5.02 Å². The third-order valence-corrected chi connectivity index (χ3v) is 5.96. The molecule has 7 heteroatoms. The highest BCUT2D eigenvalue weighted by atomic mass is 35.5. The van der Waals surface area contributed by atoms with Crippen LogP contribution >= 0.6 is 22.9 Å². The number of thiophene rings is 1. The normalized spacial score (nSPS) is 10.6. The molecule has 2 aromatic carbocycles. The van der Waals surface area contributed by atoms with E-state index in [4.69, 9.17) is 21.1 Å². The lowest BCUT2D eigenvalue weighted by Gasteiger charge is -2.10. The van der Waals surface area contributed by atoms with Crippen molar-refractivity contribution in [3.63, 3.8) is 0 Å². The third-order valence-electron chi connectivity index (χ3n) is 4.83. The van der Waals surface area contributed by atoms with Crippen molar-refractivity contribution in [1.82, 2.24) is 0 Å². The van der Waals surface area contributed by atoms with E-state index in [0.717, 1.165) is 28.0 Å². The minimum atomic E-state index is -0.443. The van der Waals surface area contributed by atoms with E-state index in [1.165, 1.54) is 11.3 Å². The van der Waals surface area contributed by atoms with Crippen molar-refractivity contribution in [2.45, 2.75) is 33.6 Å². The molecule has 1 N–H and O–H groups in total. The highest BCUT2D eigenvalue weighted by molar-refractivity contribution is 7.15. The van der Waals surface area contributed by atoms with Crippen LogP contribution in [0, 0.1) is 13.8 Å². The Bertz CT molecular complexity index is 1090. The standard InChI is InChI=1S/C25H26ClNO4S/c1-4-30-25(29)23-20(18-9-7-16(2)8-10-18)15-32-24(23)27-22(28)6-5-13-31-21-12-11-19(26)14-17(21)3/h7-12,14-15H,4-6,13H2,1-3H3,(H,27,28). The summed E-state index contributed by atoms with van der Waals surface area (Å²) < 4.78 is 11.0. The van der Waals surface area contributed by atoms with Gasteiger partial charge in [0.25, 0.3) is 0 Å². The number of anilines is 1. The smallest absolute Gasteiger partial charge is 0.341 e. The molecule has 32 heavy (non-hydrogen) atoms. The fourth-order valence-corrected chi connectivity index (χ4v) is 4.38. The highest BCUT2D eigenvalue weighted by Gasteiger charge is 2.22. The molecular weight excluding hydrogens is 446 g/mol. The zero-order valence-corrected chi connectivity index (χ0v) is 19.9. The number of aryl methyl sites for hydroxylation is 2. The SMILES string of the molecule is CCOC(=O)c1c(-c2ccc(C)cc2)csc1NC(=O)CCCOc1ccc(Cl)cc1C. The van der Waals surface area contributed by atoms with Gasteiger partial charge in [-0.2, -0.15) is 0 Å². The number of hydrogen-bond acceptors (Lipinski definition) is 5. The second-order valence-corrected chi connectivity index (χ2v) is 8.67. The van der Waals surface area contributed by atoms with Gasteiger partial charge in [0.2, 0.25) is 5.91 Å². The van der Waals surface area contributed by atoms with Gasteiger partial charge in [-0.15, -0.1) is 11.3 Å². The molecule has 5 nitrogen and oxygen atoms in total. The number of rotatable bonds is 9. The average Bonchev–Trinajstić information content (AvgIpc) is 3.16. The van der Waals surface area contributed by atoms with Crippen LogP contribution in [0.4, 0.5) is 5.00 Å². The topological polar surface area (TPSA) is 64.6 Å². The Hall–Kier alpha value is -2.83. The van der Waals surface area contributed by atoms with Crippen LogP contribution in [0.15, 0.2) is 47.8 Å². The summed E-state index contributed by atoms with van der Waals surface area (Å²) in [6, 6.07) is 13.3. The Balaban J connectivity index is 1.64. The number of esters is 1. The Kier molecular flexibility index (Phi) is 8.31. The number of nitrogens with one attached hydrogen (secondary N) is 1. The summed E-state index contributed by atoms with van der Waals surface area (Å²) in [7, 11) is 0. The first-order chi connectivity index (χ1) is 15.4. The lowest BCUT2D eigenvalue weighted by molar-refractivity contribution is -0.116. The van der Waals surface area contributed by atoms with Gasteiger partial charge >= 0.3 is 5.97 Å². The summed E-state index contributed by atoms with van der Waals surface area (Å²) in [4.78, 5) is 25.2. The highest BCUT2D eigenvalue weighted by Crippen LogP contribution is 2.36. The predicted molar refractivity (Wildman–Crippen MR) is 130 cm³/mol. The fourth-order valence-electron chi connectivity index (χ4n) is 3.18. The summed E-state index contributed by atoms with van der Waals surface area (Å²) >= 11 is 7.28. The molecule has 0 spiro atoms. The van der Waals surface area contributed by atoms with Gasteiger partial charge < -0.3 is 14.8 Å². The molecule has 1 amide bonds. The molecule has 3 aromatic rings. The number of carbonyl (C=O) groups is 2. The second-order valence-electron chi connectivity index (χ2n) is 7.35. The van der Waals surface area contributed by atoms with E-state index in [-0.39, 0.29) is 18.9 Å². The molecule has 168 valence electrons. The second kappa shape index (κ2) is 11.2. The van der Waals surface area contributed by atoms with E-state index in [1.54, 1.807) is 13.0 Å². The van der Waals surface area contributed by atoms with Crippen molar-refractivity contribution < 1.29 is 19.1 Å². The van der Waals surface area contributed by atoms with Gasteiger partial charge in [0, 0.05) is 22.4 Å². The van der Waals surface area contributed by atoms with E-state index < -0.39 is 5.97 Å². The van der Waals surface area contributed by atoms with E-state index >= 15 is 0 Å². The van der Waals surface area contributed by atoms with Crippen molar-refractivity contribution in [2.24, 2.45) is 0 Å². The third kappa shape index (κ3) is 6.11. The van der Waals surface area contributed by atoms with Gasteiger partial charge in [-0.05, 0) is 56.5 Å². The Morgan fingerprint density at radius 1 is 1.09 bits per heavy atom. The van der Waals surface area contributed by atoms with E-state index in [2.05, 4.69) is 5.32 Å². The van der Waals surface area contributed by atoms with Crippen LogP contribution in [0.3, 0.4) is 0 Å².